The molecule has 23 heavy (non-hydrogen) atoms. The Bertz CT molecular complexity index is 710. The van der Waals surface area contributed by atoms with E-state index in [1.165, 1.54) is 11.8 Å². The average Bonchev–Trinajstić information content (AvgIpc) is 2.57. The maximum atomic E-state index is 5.83. The maximum Gasteiger partial charge on any atom is 0.203 e. The van der Waals surface area contributed by atoms with Crippen molar-refractivity contribution in [3.05, 3.63) is 69.7 Å². The maximum absolute atomic E-state index is 5.83. The molecule has 0 spiro atoms. The molecule has 1 N–H and O–H groups in total. The minimum atomic E-state index is 0.584. The molecule has 2 rings (SSSR count). The van der Waals surface area contributed by atoms with Gasteiger partial charge in [0.2, 0.25) is 5.17 Å². The van der Waals surface area contributed by atoms with Gasteiger partial charge in [0.15, 0.2) is 0 Å². The molecular weight excluding hydrogens is 351 g/mol. The first-order valence-electron chi connectivity index (χ1n) is 6.62. The fraction of sp³-hybridized carbons (Fsp3) is 0.0625. The molecule has 0 saturated carbocycles. The Kier molecular flexibility index (Phi) is 7.13. The number of nitrogens with one attached hydrogen (secondary N) is 1. The Morgan fingerprint density at radius 1 is 0.913 bits per heavy atom. The summed E-state index contributed by atoms with van der Waals surface area (Å²) in [4.78, 5) is 0. The normalized spacial score (nSPS) is 12.2. The highest BCUT2D eigenvalue weighted by Gasteiger charge is 1.94. The van der Waals surface area contributed by atoms with Crippen molar-refractivity contribution in [1.29, 1.82) is 0 Å². The monoisotopic (exact) mass is 364 g/mol. The summed E-state index contributed by atoms with van der Waals surface area (Å²) in [6.07, 6.45) is 5.23. The molecule has 2 aromatic carbocycles. The second kappa shape index (κ2) is 9.35. The molecule has 0 aliphatic carbocycles. The highest BCUT2D eigenvalue weighted by atomic mass is 35.5. The van der Waals surface area contributed by atoms with Gasteiger partial charge >= 0.3 is 0 Å². The topological polar surface area (TPSA) is 49.1 Å². The van der Waals surface area contributed by atoms with Crippen LogP contribution in [0.4, 0.5) is 0 Å². The molecule has 118 valence electrons. The minimum absolute atomic E-state index is 0.584. The molecule has 0 heterocycles. The Morgan fingerprint density at radius 2 is 1.43 bits per heavy atom. The minimum Gasteiger partial charge on any atom is -0.254 e. The van der Waals surface area contributed by atoms with Crippen LogP contribution in [0.2, 0.25) is 10.0 Å². The third-order valence-corrected chi connectivity index (χ3v) is 3.73. The number of benzene rings is 2. The van der Waals surface area contributed by atoms with Crippen molar-refractivity contribution in [2.45, 2.75) is 0 Å². The fourth-order valence-corrected chi connectivity index (χ4v) is 2.04. The van der Waals surface area contributed by atoms with Crippen LogP contribution in [0.25, 0.3) is 0 Å². The van der Waals surface area contributed by atoms with Crippen LogP contribution in [-0.4, -0.2) is 23.9 Å². The molecule has 0 aliphatic rings. The number of amidine groups is 1. The van der Waals surface area contributed by atoms with Crippen molar-refractivity contribution in [3.8, 4) is 0 Å². The highest BCUT2D eigenvalue weighted by Crippen LogP contribution is 2.08. The third-order valence-electron chi connectivity index (χ3n) is 2.66. The van der Waals surface area contributed by atoms with Gasteiger partial charge in [-0.1, -0.05) is 59.2 Å². The van der Waals surface area contributed by atoms with Crippen molar-refractivity contribution in [2.75, 3.05) is 6.26 Å². The van der Waals surface area contributed by atoms with Crippen LogP contribution in [0.3, 0.4) is 0 Å². The smallest absolute Gasteiger partial charge is 0.203 e. The van der Waals surface area contributed by atoms with Crippen LogP contribution in [-0.2, 0) is 0 Å². The number of hydrogen-bond donors (Lipinski definition) is 1. The molecule has 0 amide bonds. The van der Waals surface area contributed by atoms with Gasteiger partial charge in [-0.05, 0) is 41.6 Å². The summed E-state index contributed by atoms with van der Waals surface area (Å²) in [5, 5.41) is 14.2. The van der Waals surface area contributed by atoms with Gasteiger partial charge in [-0.3, -0.25) is 5.43 Å². The van der Waals surface area contributed by atoms with Gasteiger partial charge in [-0.25, -0.2) is 0 Å². The molecule has 4 nitrogen and oxygen atoms in total. The van der Waals surface area contributed by atoms with E-state index in [-0.39, 0.29) is 0 Å². The second-order valence-electron chi connectivity index (χ2n) is 4.33. The molecule has 0 unspecified atom stereocenters. The molecule has 7 heteroatoms. The van der Waals surface area contributed by atoms with Crippen molar-refractivity contribution in [3.63, 3.8) is 0 Å². The Labute approximate surface area is 149 Å². The molecule has 0 saturated heterocycles. The molecule has 0 radical (unpaired) electrons. The fourth-order valence-electron chi connectivity index (χ4n) is 1.52. The zero-order valence-electron chi connectivity index (χ0n) is 12.3. The van der Waals surface area contributed by atoms with Crippen molar-refractivity contribution in [1.82, 2.24) is 5.43 Å². The Hall–Kier alpha value is -1.82. The predicted octanol–water partition coefficient (Wildman–Crippen LogP) is 4.67. The van der Waals surface area contributed by atoms with Gasteiger partial charge in [0.25, 0.3) is 0 Å². The number of nitrogens with zero attached hydrogens (tertiary/aromatic N) is 3. The van der Waals surface area contributed by atoms with E-state index in [4.69, 9.17) is 23.2 Å². The summed E-state index contributed by atoms with van der Waals surface area (Å²) < 4.78 is 0. The first kappa shape index (κ1) is 17.5. The zero-order chi connectivity index (χ0) is 16.5. The molecule has 2 aromatic rings. The predicted molar refractivity (Wildman–Crippen MR) is 102 cm³/mol. The number of thioether (sulfide) groups is 1. The van der Waals surface area contributed by atoms with Crippen LogP contribution in [0.5, 0.6) is 0 Å². The van der Waals surface area contributed by atoms with Gasteiger partial charge in [-0.15, -0.1) is 5.10 Å². The number of rotatable bonds is 4. The Morgan fingerprint density at radius 3 is 1.96 bits per heavy atom. The van der Waals surface area contributed by atoms with Crippen LogP contribution in [0, 0.1) is 0 Å². The van der Waals surface area contributed by atoms with E-state index in [9.17, 15) is 0 Å². The van der Waals surface area contributed by atoms with Crippen molar-refractivity contribution < 1.29 is 0 Å². The first-order valence-corrected chi connectivity index (χ1v) is 8.60. The summed E-state index contributed by atoms with van der Waals surface area (Å²) in [7, 11) is 0. The molecule has 0 fully saturated rings. The molecular formula is C16H14Cl2N4S. The quantitative estimate of drug-likeness (QED) is 0.486. The van der Waals surface area contributed by atoms with Gasteiger partial charge in [0.1, 0.15) is 0 Å². The molecule has 0 atom stereocenters. The number of hydrazone groups is 1. The lowest BCUT2D eigenvalue weighted by molar-refractivity contribution is 1.03. The average molecular weight is 365 g/mol. The SMILES string of the molecule is CS/C(=N/N=C/c1ccc(Cl)cc1)N/N=C/c1ccc(Cl)cc1. The van der Waals surface area contributed by atoms with Crippen LogP contribution >= 0.6 is 35.0 Å². The summed E-state index contributed by atoms with van der Waals surface area (Å²) in [6.45, 7) is 0. The van der Waals surface area contributed by atoms with Gasteiger partial charge in [-0.2, -0.15) is 10.2 Å². The summed E-state index contributed by atoms with van der Waals surface area (Å²) in [5.74, 6) is 0. The van der Waals surface area contributed by atoms with Gasteiger partial charge < -0.3 is 0 Å². The van der Waals surface area contributed by atoms with Crippen LogP contribution in [0.1, 0.15) is 11.1 Å². The van der Waals surface area contributed by atoms with E-state index < -0.39 is 0 Å². The third kappa shape index (κ3) is 6.44. The highest BCUT2D eigenvalue weighted by molar-refractivity contribution is 8.13. The number of hydrogen-bond acceptors (Lipinski definition) is 4. The van der Waals surface area contributed by atoms with E-state index in [1.807, 2.05) is 42.7 Å². The van der Waals surface area contributed by atoms with Crippen molar-refractivity contribution >= 4 is 52.6 Å². The summed E-state index contributed by atoms with van der Waals surface area (Å²) in [5.41, 5.74) is 4.70. The van der Waals surface area contributed by atoms with E-state index in [0.29, 0.717) is 15.2 Å². The Balaban J connectivity index is 1.93. The molecule has 0 aromatic heterocycles. The lowest BCUT2D eigenvalue weighted by Gasteiger charge is -1.99. The largest absolute Gasteiger partial charge is 0.254 e. The van der Waals surface area contributed by atoms with Crippen LogP contribution in [0.15, 0.2) is 63.8 Å². The summed E-state index contributed by atoms with van der Waals surface area (Å²) >= 11 is 13.1. The second-order valence-corrected chi connectivity index (χ2v) is 5.99. The van der Waals surface area contributed by atoms with Gasteiger partial charge in [0.05, 0.1) is 12.4 Å². The van der Waals surface area contributed by atoms with Crippen molar-refractivity contribution in [2.24, 2.45) is 15.3 Å². The standard InChI is InChI=1S/C16H14Cl2N4S/c1-23-16(21-19-10-12-2-6-14(17)7-3-12)22-20-11-13-4-8-15(18)9-5-13/h2-11H,1H3,(H,21,22)/b19-10+,20-11+. The lowest BCUT2D eigenvalue weighted by Crippen LogP contribution is -2.13. The first-order chi connectivity index (χ1) is 11.2. The van der Waals surface area contributed by atoms with Gasteiger partial charge in [0, 0.05) is 10.0 Å². The van der Waals surface area contributed by atoms with Crippen LogP contribution < -0.4 is 5.43 Å². The van der Waals surface area contributed by atoms with E-state index in [1.54, 1.807) is 24.6 Å². The summed E-state index contributed by atoms with van der Waals surface area (Å²) in [6, 6.07) is 14.7. The van der Waals surface area contributed by atoms with E-state index in [2.05, 4.69) is 20.7 Å². The number of halogens is 2. The lowest BCUT2D eigenvalue weighted by atomic mass is 10.2. The zero-order valence-corrected chi connectivity index (χ0v) is 14.6. The van der Waals surface area contributed by atoms with E-state index >= 15 is 0 Å². The molecule has 0 bridgehead atoms. The molecule has 0 aliphatic heterocycles. The van der Waals surface area contributed by atoms with E-state index in [0.717, 1.165) is 11.1 Å².